The van der Waals surface area contributed by atoms with Crippen LogP contribution in [0.2, 0.25) is 0 Å². The summed E-state index contributed by atoms with van der Waals surface area (Å²) in [5, 5.41) is 0. The van der Waals surface area contributed by atoms with Gasteiger partial charge in [0.1, 0.15) is 6.04 Å². The molecule has 0 N–H and O–H groups in total. The Labute approximate surface area is 95.2 Å². The van der Waals surface area contributed by atoms with Crippen molar-refractivity contribution < 1.29 is 9.59 Å². The molecule has 0 radical (unpaired) electrons. The van der Waals surface area contributed by atoms with Crippen LogP contribution >= 0.6 is 0 Å². The SMILES string of the molecule is CC(C)(C)[C@H](N=C=O)C(=O)c1ccccc1. The minimum atomic E-state index is -0.674. The fourth-order valence-electron chi connectivity index (χ4n) is 1.46. The van der Waals surface area contributed by atoms with Gasteiger partial charge in [0, 0.05) is 5.56 Å². The molecule has 0 aliphatic rings. The van der Waals surface area contributed by atoms with Gasteiger partial charge in [-0.2, -0.15) is 4.99 Å². The third kappa shape index (κ3) is 2.88. The first-order valence-electron chi connectivity index (χ1n) is 5.13. The number of aliphatic imine (C=N–C) groups is 1. The predicted molar refractivity (Wildman–Crippen MR) is 62.1 cm³/mol. The molecule has 1 rings (SSSR count). The van der Waals surface area contributed by atoms with Gasteiger partial charge < -0.3 is 0 Å². The van der Waals surface area contributed by atoms with E-state index in [9.17, 15) is 9.59 Å². The number of nitrogens with zero attached hydrogens (tertiary/aromatic N) is 1. The van der Waals surface area contributed by atoms with Crippen molar-refractivity contribution in [3.8, 4) is 0 Å². The highest BCUT2D eigenvalue weighted by Crippen LogP contribution is 2.25. The van der Waals surface area contributed by atoms with E-state index in [1.165, 1.54) is 6.08 Å². The lowest BCUT2D eigenvalue weighted by molar-refractivity contribution is 0.0903. The number of benzene rings is 1. The minimum absolute atomic E-state index is 0.142. The number of rotatable bonds is 3. The summed E-state index contributed by atoms with van der Waals surface area (Å²) in [6.45, 7) is 5.62. The molecule has 0 amide bonds. The van der Waals surface area contributed by atoms with Crippen molar-refractivity contribution in [1.82, 2.24) is 0 Å². The van der Waals surface area contributed by atoms with Crippen LogP contribution in [0, 0.1) is 5.41 Å². The number of hydrogen-bond donors (Lipinski definition) is 0. The van der Waals surface area contributed by atoms with E-state index < -0.39 is 6.04 Å². The standard InChI is InChI=1S/C13H15NO2/c1-13(2,3)12(14-9-15)11(16)10-7-5-4-6-8-10/h4-8,12H,1-3H3/t12-/m1/s1. The number of carbonyl (C=O) groups excluding carboxylic acids is 2. The van der Waals surface area contributed by atoms with E-state index in [2.05, 4.69) is 4.99 Å². The van der Waals surface area contributed by atoms with Gasteiger partial charge >= 0.3 is 0 Å². The average Bonchev–Trinajstić information content (AvgIpc) is 2.25. The van der Waals surface area contributed by atoms with Crippen LogP contribution < -0.4 is 0 Å². The van der Waals surface area contributed by atoms with Gasteiger partial charge in [0.2, 0.25) is 6.08 Å². The highest BCUT2D eigenvalue weighted by molar-refractivity contribution is 6.01. The Hall–Kier alpha value is -1.73. The Kier molecular flexibility index (Phi) is 3.75. The van der Waals surface area contributed by atoms with Gasteiger partial charge in [-0.15, -0.1) is 0 Å². The summed E-state index contributed by atoms with van der Waals surface area (Å²) in [5.41, 5.74) is 0.186. The maximum atomic E-state index is 12.1. The van der Waals surface area contributed by atoms with Crippen molar-refractivity contribution in [2.45, 2.75) is 26.8 Å². The van der Waals surface area contributed by atoms with Crippen LogP contribution in [0.3, 0.4) is 0 Å². The van der Waals surface area contributed by atoms with Gasteiger partial charge in [-0.25, -0.2) is 4.79 Å². The molecule has 0 aliphatic heterocycles. The lowest BCUT2D eigenvalue weighted by Crippen LogP contribution is -2.32. The van der Waals surface area contributed by atoms with Crippen LogP contribution in [0.25, 0.3) is 0 Å². The molecule has 0 saturated carbocycles. The number of Topliss-reactive ketones (excluding diaryl/α,β-unsaturated/α-hetero) is 1. The van der Waals surface area contributed by atoms with E-state index in [-0.39, 0.29) is 11.2 Å². The minimum Gasteiger partial charge on any atom is -0.292 e. The summed E-state index contributed by atoms with van der Waals surface area (Å²) in [6, 6.07) is 8.19. The molecule has 0 aromatic heterocycles. The summed E-state index contributed by atoms with van der Waals surface area (Å²) in [6.07, 6.45) is 1.48. The smallest absolute Gasteiger partial charge is 0.235 e. The zero-order chi connectivity index (χ0) is 12.2. The first-order valence-corrected chi connectivity index (χ1v) is 5.13. The normalized spacial score (nSPS) is 12.7. The maximum absolute atomic E-state index is 12.1. The van der Waals surface area contributed by atoms with Gasteiger partial charge in [-0.05, 0) is 5.41 Å². The summed E-state index contributed by atoms with van der Waals surface area (Å²) in [5.74, 6) is -0.142. The van der Waals surface area contributed by atoms with Gasteiger partial charge in [0.25, 0.3) is 0 Å². The number of isocyanates is 1. The number of ketones is 1. The molecule has 3 heteroatoms. The third-order valence-corrected chi connectivity index (χ3v) is 2.31. The van der Waals surface area contributed by atoms with Gasteiger partial charge in [0.15, 0.2) is 5.78 Å². The summed E-state index contributed by atoms with van der Waals surface area (Å²) in [7, 11) is 0. The van der Waals surface area contributed by atoms with Gasteiger partial charge in [0.05, 0.1) is 0 Å². The lowest BCUT2D eigenvalue weighted by atomic mass is 9.82. The van der Waals surface area contributed by atoms with E-state index in [1.54, 1.807) is 24.3 Å². The van der Waals surface area contributed by atoms with Crippen LogP contribution in [0.5, 0.6) is 0 Å². The topological polar surface area (TPSA) is 46.5 Å². The first kappa shape index (κ1) is 12.3. The Morgan fingerprint density at radius 3 is 2.25 bits per heavy atom. The molecule has 0 aliphatic carbocycles. The van der Waals surface area contributed by atoms with E-state index in [0.717, 1.165) is 0 Å². The Morgan fingerprint density at radius 2 is 1.81 bits per heavy atom. The molecule has 3 nitrogen and oxygen atoms in total. The second kappa shape index (κ2) is 4.86. The third-order valence-electron chi connectivity index (χ3n) is 2.31. The van der Waals surface area contributed by atoms with Crippen molar-refractivity contribution >= 4 is 11.9 Å². The van der Waals surface area contributed by atoms with E-state index in [4.69, 9.17) is 0 Å². The van der Waals surface area contributed by atoms with E-state index in [1.807, 2.05) is 26.8 Å². The molecule has 1 aromatic carbocycles. The van der Waals surface area contributed by atoms with Crippen molar-refractivity contribution in [3.05, 3.63) is 35.9 Å². The molecule has 0 fully saturated rings. The van der Waals surface area contributed by atoms with Crippen LogP contribution in [-0.2, 0) is 4.79 Å². The van der Waals surface area contributed by atoms with Crippen molar-refractivity contribution in [2.75, 3.05) is 0 Å². The number of carbonyl (C=O) groups is 1. The molecule has 1 aromatic rings. The fourth-order valence-corrected chi connectivity index (χ4v) is 1.46. The highest BCUT2D eigenvalue weighted by Gasteiger charge is 2.31. The van der Waals surface area contributed by atoms with Crippen LogP contribution in [0.15, 0.2) is 35.3 Å². The fraction of sp³-hybridized carbons (Fsp3) is 0.385. The maximum Gasteiger partial charge on any atom is 0.235 e. The monoisotopic (exact) mass is 217 g/mol. The molecule has 0 bridgehead atoms. The highest BCUT2D eigenvalue weighted by atomic mass is 16.1. The summed E-state index contributed by atoms with van der Waals surface area (Å²) < 4.78 is 0. The predicted octanol–water partition coefficient (Wildman–Crippen LogP) is 2.62. The summed E-state index contributed by atoms with van der Waals surface area (Å²) in [4.78, 5) is 26.1. The van der Waals surface area contributed by atoms with Crippen LogP contribution in [0.4, 0.5) is 0 Å². The second-order valence-corrected chi connectivity index (χ2v) is 4.72. The second-order valence-electron chi connectivity index (χ2n) is 4.72. The zero-order valence-electron chi connectivity index (χ0n) is 9.73. The quantitative estimate of drug-likeness (QED) is 0.444. The zero-order valence-corrected chi connectivity index (χ0v) is 9.73. The Morgan fingerprint density at radius 1 is 1.25 bits per heavy atom. The molecule has 0 unspecified atom stereocenters. The van der Waals surface area contributed by atoms with E-state index in [0.29, 0.717) is 5.56 Å². The summed E-state index contributed by atoms with van der Waals surface area (Å²) >= 11 is 0. The molecule has 0 spiro atoms. The van der Waals surface area contributed by atoms with Crippen molar-refractivity contribution in [1.29, 1.82) is 0 Å². The van der Waals surface area contributed by atoms with Gasteiger partial charge in [-0.3, -0.25) is 4.79 Å². The van der Waals surface area contributed by atoms with Crippen LogP contribution in [-0.4, -0.2) is 17.9 Å². The molecular weight excluding hydrogens is 202 g/mol. The Bertz CT molecular complexity index is 411. The largest absolute Gasteiger partial charge is 0.292 e. The van der Waals surface area contributed by atoms with Crippen molar-refractivity contribution in [2.24, 2.45) is 10.4 Å². The molecule has 0 heterocycles. The molecule has 1 atom stereocenters. The molecule has 16 heavy (non-hydrogen) atoms. The lowest BCUT2D eigenvalue weighted by Gasteiger charge is -2.24. The van der Waals surface area contributed by atoms with Gasteiger partial charge in [-0.1, -0.05) is 51.1 Å². The molecule has 0 saturated heterocycles. The number of hydrogen-bond acceptors (Lipinski definition) is 3. The van der Waals surface area contributed by atoms with Crippen molar-refractivity contribution in [3.63, 3.8) is 0 Å². The van der Waals surface area contributed by atoms with E-state index >= 15 is 0 Å². The van der Waals surface area contributed by atoms with Crippen LogP contribution in [0.1, 0.15) is 31.1 Å². The first-order chi connectivity index (χ1) is 7.46. The molecular formula is C13H15NO2. The average molecular weight is 217 g/mol. The molecule has 84 valence electrons. The Balaban J connectivity index is 3.07.